The smallest absolute Gasteiger partial charge is 0.230 e. The van der Waals surface area contributed by atoms with Crippen molar-refractivity contribution in [2.24, 2.45) is 5.92 Å². The number of halogens is 2. The molecule has 1 aromatic rings. The first-order chi connectivity index (χ1) is 7.15. The van der Waals surface area contributed by atoms with Gasteiger partial charge in [0, 0.05) is 13.6 Å². The Morgan fingerprint density at radius 3 is 2.27 bits per heavy atom. The molecular formula is C9H12Cl2N4. The molecule has 0 saturated heterocycles. The molecule has 0 amide bonds. The van der Waals surface area contributed by atoms with E-state index in [1.807, 2.05) is 11.9 Å². The third-order valence-electron chi connectivity index (χ3n) is 2.67. The van der Waals surface area contributed by atoms with Crippen molar-refractivity contribution in [2.45, 2.75) is 19.3 Å². The second kappa shape index (κ2) is 4.49. The Labute approximate surface area is 98.6 Å². The van der Waals surface area contributed by atoms with Crippen LogP contribution in [0.5, 0.6) is 0 Å². The molecule has 0 N–H and O–H groups in total. The van der Waals surface area contributed by atoms with E-state index in [4.69, 9.17) is 23.2 Å². The van der Waals surface area contributed by atoms with Gasteiger partial charge in [0.1, 0.15) is 0 Å². The highest BCUT2D eigenvalue weighted by Crippen LogP contribution is 2.27. The van der Waals surface area contributed by atoms with E-state index in [9.17, 15) is 0 Å². The largest absolute Gasteiger partial charge is 0.343 e. The van der Waals surface area contributed by atoms with Crippen LogP contribution in [0.3, 0.4) is 0 Å². The first-order valence-corrected chi connectivity index (χ1v) is 5.69. The van der Waals surface area contributed by atoms with Gasteiger partial charge in [0.05, 0.1) is 0 Å². The lowest BCUT2D eigenvalue weighted by atomic mass is 9.85. The summed E-state index contributed by atoms with van der Waals surface area (Å²) in [6.07, 6.45) is 3.91. The normalized spacial score (nSPS) is 16.2. The second-order valence-corrected chi connectivity index (χ2v) is 4.53. The lowest BCUT2D eigenvalue weighted by molar-refractivity contribution is 0.320. The first kappa shape index (κ1) is 10.9. The van der Waals surface area contributed by atoms with E-state index in [0.717, 1.165) is 12.5 Å². The maximum atomic E-state index is 5.71. The predicted octanol–water partition coefficient (Wildman–Crippen LogP) is 2.41. The SMILES string of the molecule is CN(CC1CCC1)c1nc(Cl)nc(Cl)n1. The quantitative estimate of drug-likeness (QED) is 0.822. The van der Waals surface area contributed by atoms with Crippen LogP contribution >= 0.6 is 23.2 Å². The Kier molecular flexibility index (Phi) is 3.26. The van der Waals surface area contributed by atoms with Crippen molar-refractivity contribution in [2.75, 3.05) is 18.5 Å². The fourth-order valence-electron chi connectivity index (χ4n) is 1.63. The number of aromatic nitrogens is 3. The van der Waals surface area contributed by atoms with Crippen LogP contribution in [-0.4, -0.2) is 28.5 Å². The topological polar surface area (TPSA) is 41.9 Å². The van der Waals surface area contributed by atoms with Gasteiger partial charge in [0.25, 0.3) is 0 Å². The van der Waals surface area contributed by atoms with Crippen LogP contribution in [-0.2, 0) is 0 Å². The average Bonchev–Trinajstić information content (AvgIpc) is 2.09. The van der Waals surface area contributed by atoms with E-state index < -0.39 is 0 Å². The highest BCUT2D eigenvalue weighted by Gasteiger charge is 2.20. The molecule has 0 radical (unpaired) electrons. The number of hydrogen-bond acceptors (Lipinski definition) is 4. The van der Waals surface area contributed by atoms with Crippen LogP contribution in [0.4, 0.5) is 5.95 Å². The molecule has 0 unspecified atom stereocenters. The maximum Gasteiger partial charge on any atom is 0.230 e. The van der Waals surface area contributed by atoms with Gasteiger partial charge in [0.15, 0.2) is 0 Å². The summed E-state index contributed by atoms with van der Waals surface area (Å²) in [4.78, 5) is 13.7. The molecule has 1 aromatic heterocycles. The minimum atomic E-state index is 0.144. The van der Waals surface area contributed by atoms with E-state index >= 15 is 0 Å². The fraction of sp³-hybridized carbons (Fsp3) is 0.667. The molecule has 1 aliphatic carbocycles. The van der Waals surface area contributed by atoms with Crippen molar-refractivity contribution >= 4 is 29.2 Å². The lowest BCUT2D eigenvalue weighted by Crippen LogP contribution is -2.30. The summed E-state index contributed by atoms with van der Waals surface area (Å²) in [6.45, 7) is 0.955. The van der Waals surface area contributed by atoms with Crippen molar-refractivity contribution in [1.29, 1.82) is 0 Å². The third kappa shape index (κ3) is 2.69. The molecule has 1 aliphatic rings. The van der Waals surface area contributed by atoms with E-state index in [1.54, 1.807) is 0 Å². The predicted molar refractivity (Wildman–Crippen MR) is 60.5 cm³/mol. The summed E-state index contributed by atoms with van der Waals surface area (Å²) in [7, 11) is 1.94. The molecule has 4 nitrogen and oxygen atoms in total. The molecule has 1 fully saturated rings. The summed E-state index contributed by atoms with van der Waals surface area (Å²) >= 11 is 11.4. The van der Waals surface area contributed by atoms with Crippen LogP contribution in [0.1, 0.15) is 19.3 Å². The summed E-state index contributed by atoms with van der Waals surface area (Å²) in [5.74, 6) is 1.30. The summed E-state index contributed by atoms with van der Waals surface area (Å²) in [5, 5.41) is 0.288. The van der Waals surface area contributed by atoms with Crippen LogP contribution in [0.25, 0.3) is 0 Å². The van der Waals surface area contributed by atoms with Gasteiger partial charge in [-0.1, -0.05) is 6.42 Å². The van der Waals surface area contributed by atoms with Crippen molar-refractivity contribution in [3.63, 3.8) is 0 Å². The lowest BCUT2D eigenvalue weighted by Gasteiger charge is -2.30. The molecular weight excluding hydrogens is 235 g/mol. The van der Waals surface area contributed by atoms with E-state index in [2.05, 4.69) is 15.0 Å². The van der Waals surface area contributed by atoms with Crippen molar-refractivity contribution in [1.82, 2.24) is 15.0 Å². The first-order valence-electron chi connectivity index (χ1n) is 4.93. The molecule has 0 bridgehead atoms. The standard InChI is InChI=1S/C9H12Cl2N4/c1-15(5-6-3-2-4-6)9-13-7(10)12-8(11)14-9/h6H,2-5H2,1H3. The molecule has 0 aromatic carbocycles. The molecule has 82 valence electrons. The molecule has 0 atom stereocenters. The highest BCUT2D eigenvalue weighted by atomic mass is 35.5. The van der Waals surface area contributed by atoms with Gasteiger partial charge in [-0.25, -0.2) is 0 Å². The monoisotopic (exact) mass is 246 g/mol. The van der Waals surface area contributed by atoms with Crippen LogP contribution in [0, 0.1) is 5.92 Å². The zero-order valence-electron chi connectivity index (χ0n) is 8.45. The van der Waals surface area contributed by atoms with Crippen molar-refractivity contribution in [3.05, 3.63) is 10.6 Å². The Morgan fingerprint density at radius 2 is 1.80 bits per heavy atom. The molecule has 0 aliphatic heterocycles. The van der Waals surface area contributed by atoms with Crippen LogP contribution in [0.15, 0.2) is 0 Å². The Bertz CT molecular complexity index is 334. The van der Waals surface area contributed by atoms with Gasteiger partial charge < -0.3 is 4.90 Å². The van der Waals surface area contributed by atoms with Crippen LogP contribution < -0.4 is 4.90 Å². The summed E-state index contributed by atoms with van der Waals surface area (Å²) in [5.41, 5.74) is 0. The molecule has 0 spiro atoms. The van der Waals surface area contributed by atoms with Gasteiger partial charge in [-0.3, -0.25) is 0 Å². The van der Waals surface area contributed by atoms with E-state index in [1.165, 1.54) is 19.3 Å². The molecule has 1 heterocycles. The van der Waals surface area contributed by atoms with Gasteiger partial charge in [-0.05, 0) is 42.0 Å². The zero-order valence-corrected chi connectivity index (χ0v) is 9.96. The van der Waals surface area contributed by atoms with Gasteiger partial charge in [0.2, 0.25) is 16.5 Å². The second-order valence-electron chi connectivity index (χ2n) is 3.85. The van der Waals surface area contributed by atoms with Gasteiger partial charge in [-0.2, -0.15) is 15.0 Å². The molecule has 2 rings (SSSR count). The Balaban J connectivity index is 2.06. The maximum absolute atomic E-state index is 5.71. The number of nitrogens with zero attached hydrogens (tertiary/aromatic N) is 4. The molecule has 1 saturated carbocycles. The van der Waals surface area contributed by atoms with Gasteiger partial charge >= 0.3 is 0 Å². The van der Waals surface area contributed by atoms with Crippen LogP contribution in [0.2, 0.25) is 10.6 Å². The summed E-state index contributed by atoms with van der Waals surface area (Å²) < 4.78 is 0. The Morgan fingerprint density at radius 1 is 1.20 bits per heavy atom. The number of hydrogen-bond donors (Lipinski definition) is 0. The average molecular weight is 247 g/mol. The fourth-order valence-corrected chi connectivity index (χ4v) is 1.99. The summed E-state index contributed by atoms with van der Waals surface area (Å²) in [6, 6.07) is 0. The van der Waals surface area contributed by atoms with Gasteiger partial charge in [-0.15, -0.1) is 0 Å². The van der Waals surface area contributed by atoms with Crippen molar-refractivity contribution in [3.8, 4) is 0 Å². The van der Waals surface area contributed by atoms with E-state index in [0.29, 0.717) is 5.95 Å². The molecule has 15 heavy (non-hydrogen) atoms. The number of anilines is 1. The highest BCUT2D eigenvalue weighted by molar-refractivity contribution is 6.31. The van der Waals surface area contributed by atoms with Crippen molar-refractivity contribution < 1.29 is 0 Å². The van der Waals surface area contributed by atoms with E-state index in [-0.39, 0.29) is 10.6 Å². The zero-order chi connectivity index (χ0) is 10.8. The minimum Gasteiger partial charge on any atom is -0.343 e. The Hall–Kier alpha value is -0.610. The number of rotatable bonds is 3. The third-order valence-corrected chi connectivity index (χ3v) is 3.01. The molecule has 6 heteroatoms. The minimum absolute atomic E-state index is 0.144.